The molecule has 3 heteroatoms. The lowest BCUT2D eigenvalue weighted by Gasteiger charge is -1.98. The standard InChI is InChI=1S/C9H11NO2/c1-3-4-5-8(2)9(11)12-7-6-10/h3,5H,1,4,7H2,2H3/b8-5+. The molecule has 0 atom stereocenters. The molecule has 0 bridgehead atoms. The van der Waals surface area contributed by atoms with E-state index in [4.69, 9.17) is 5.26 Å². The van der Waals surface area contributed by atoms with Gasteiger partial charge >= 0.3 is 5.97 Å². The molecule has 0 fully saturated rings. The van der Waals surface area contributed by atoms with Gasteiger partial charge in [-0.3, -0.25) is 0 Å². The van der Waals surface area contributed by atoms with E-state index < -0.39 is 5.97 Å². The van der Waals surface area contributed by atoms with Gasteiger partial charge < -0.3 is 4.74 Å². The number of hydrogen-bond donors (Lipinski definition) is 0. The fourth-order valence-electron chi connectivity index (χ4n) is 0.555. The first-order chi connectivity index (χ1) is 5.72. The van der Waals surface area contributed by atoms with Gasteiger partial charge in [0.25, 0.3) is 0 Å². The highest BCUT2D eigenvalue weighted by atomic mass is 16.5. The SMILES string of the molecule is C=CC/C=C(\C)C(=O)OCC#N. The minimum atomic E-state index is -0.446. The van der Waals surface area contributed by atoms with Crippen LogP contribution in [0.1, 0.15) is 13.3 Å². The fraction of sp³-hybridized carbons (Fsp3) is 0.333. The van der Waals surface area contributed by atoms with Crippen LogP contribution in [0.5, 0.6) is 0 Å². The van der Waals surface area contributed by atoms with E-state index in [0.29, 0.717) is 12.0 Å². The van der Waals surface area contributed by atoms with Gasteiger partial charge in [-0.1, -0.05) is 12.2 Å². The molecule has 0 aliphatic carbocycles. The summed E-state index contributed by atoms with van der Waals surface area (Å²) >= 11 is 0. The summed E-state index contributed by atoms with van der Waals surface area (Å²) in [6, 6.07) is 1.72. The quantitative estimate of drug-likeness (QED) is 0.361. The molecule has 0 heterocycles. The first-order valence-corrected chi connectivity index (χ1v) is 3.54. The van der Waals surface area contributed by atoms with Gasteiger partial charge in [-0.15, -0.1) is 6.58 Å². The van der Waals surface area contributed by atoms with Gasteiger partial charge in [-0.2, -0.15) is 5.26 Å². The third kappa shape index (κ3) is 4.29. The number of carbonyl (C=O) groups excluding carboxylic acids is 1. The number of rotatable bonds is 4. The topological polar surface area (TPSA) is 50.1 Å². The molecular formula is C9H11NO2. The van der Waals surface area contributed by atoms with Gasteiger partial charge in [0.1, 0.15) is 6.07 Å². The van der Waals surface area contributed by atoms with Crippen LogP contribution in [0.3, 0.4) is 0 Å². The predicted molar refractivity (Wildman–Crippen MR) is 45.1 cm³/mol. The van der Waals surface area contributed by atoms with Crippen LogP contribution in [0.15, 0.2) is 24.3 Å². The van der Waals surface area contributed by atoms with Gasteiger partial charge in [0.2, 0.25) is 0 Å². The maximum absolute atomic E-state index is 10.9. The normalized spacial score (nSPS) is 10.2. The van der Waals surface area contributed by atoms with Crippen molar-refractivity contribution in [2.45, 2.75) is 13.3 Å². The maximum Gasteiger partial charge on any atom is 0.334 e. The third-order valence-electron chi connectivity index (χ3n) is 1.18. The molecule has 0 radical (unpaired) electrons. The molecule has 64 valence electrons. The largest absolute Gasteiger partial charge is 0.447 e. The molecule has 0 aromatic heterocycles. The maximum atomic E-state index is 10.9. The molecule has 0 aliphatic rings. The predicted octanol–water partition coefficient (Wildman–Crippen LogP) is 1.58. The molecule has 0 aromatic carbocycles. The molecular weight excluding hydrogens is 154 g/mol. The van der Waals surface area contributed by atoms with Crippen molar-refractivity contribution in [3.63, 3.8) is 0 Å². The zero-order chi connectivity index (χ0) is 9.40. The zero-order valence-corrected chi connectivity index (χ0v) is 7.04. The van der Waals surface area contributed by atoms with E-state index in [1.165, 1.54) is 0 Å². The minimum Gasteiger partial charge on any atom is -0.447 e. The summed E-state index contributed by atoms with van der Waals surface area (Å²) in [5, 5.41) is 8.11. The highest BCUT2D eigenvalue weighted by Crippen LogP contribution is 1.98. The van der Waals surface area contributed by atoms with E-state index in [1.54, 1.807) is 25.1 Å². The summed E-state index contributed by atoms with van der Waals surface area (Å²) in [5.74, 6) is -0.446. The van der Waals surface area contributed by atoms with E-state index in [-0.39, 0.29) is 6.61 Å². The summed E-state index contributed by atoms with van der Waals surface area (Å²) < 4.78 is 4.55. The van der Waals surface area contributed by atoms with Gasteiger partial charge in [0.15, 0.2) is 6.61 Å². The van der Waals surface area contributed by atoms with Crippen LogP contribution >= 0.6 is 0 Å². The Balaban J connectivity index is 3.93. The van der Waals surface area contributed by atoms with Crippen molar-refractivity contribution in [3.05, 3.63) is 24.3 Å². The van der Waals surface area contributed by atoms with Crippen LogP contribution in [0.4, 0.5) is 0 Å². The van der Waals surface area contributed by atoms with Crippen molar-refractivity contribution in [3.8, 4) is 6.07 Å². The zero-order valence-electron chi connectivity index (χ0n) is 7.04. The Morgan fingerprint density at radius 1 is 1.75 bits per heavy atom. The number of allylic oxidation sites excluding steroid dienone is 2. The summed E-state index contributed by atoms with van der Waals surface area (Å²) in [5.41, 5.74) is 0.505. The lowest BCUT2D eigenvalue weighted by molar-refractivity contribution is -0.137. The summed E-state index contributed by atoms with van der Waals surface area (Å²) in [4.78, 5) is 10.9. The van der Waals surface area contributed by atoms with Crippen LogP contribution < -0.4 is 0 Å². The summed E-state index contributed by atoms with van der Waals surface area (Å²) in [6.45, 7) is 4.95. The number of nitrogens with zero attached hydrogens (tertiary/aromatic N) is 1. The second kappa shape index (κ2) is 6.17. The van der Waals surface area contributed by atoms with E-state index in [0.717, 1.165) is 0 Å². The molecule has 0 spiro atoms. The number of nitriles is 1. The Labute approximate surface area is 71.9 Å². The van der Waals surface area contributed by atoms with E-state index in [1.807, 2.05) is 0 Å². The Kier molecular flexibility index (Phi) is 5.37. The molecule has 0 unspecified atom stereocenters. The Bertz CT molecular complexity index is 235. The second-order valence-corrected chi connectivity index (χ2v) is 2.15. The lowest BCUT2D eigenvalue weighted by atomic mass is 10.2. The molecule has 0 saturated heterocycles. The van der Waals surface area contributed by atoms with Gasteiger partial charge in [-0.05, 0) is 13.3 Å². The molecule has 3 nitrogen and oxygen atoms in total. The molecule has 0 aliphatic heterocycles. The second-order valence-electron chi connectivity index (χ2n) is 2.15. The van der Waals surface area contributed by atoms with Crippen LogP contribution in [-0.2, 0) is 9.53 Å². The van der Waals surface area contributed by atoms with E-state index >= 15 is 0 Å². The number of hydrogen-bond acceptors (Lipinski definition) is 3. The minimum absolute atomic E-state index is 0.196. The average molecular weight is 165 g/mol. The van der Waals surface area contributed by atoms with Gasteiger partial charge in [-0.25, -0.2) is 4.79 Å². The van der Waals surface area contributed by atoms with Crippen molar-refractivity contribution in [2.24, 2.45) is 0 Å². The van der Waals surface area contributed by atoms with Crippen molar-refractivity contribution < 1.29 is 9.53 Å². The molecule has 0 saturated carbocycles. The Morgan fingerprint density at radius 3 is 2.92 bits per heavy atom. The van der Waals surface area contributed by atoms with E-state index in [2.05, 4.69) is 11.3 Å². The molecule has 0 N–H and O–H groups in total. The first-order valence-electron chi connectivity index (χ1n) is 3.54. The summed E-state index contributed by atoms with van der Waals surface area (Å²) in [6.07, 6.45) is 4.02. The highest BCUT2D eigenvalue weighted by Gasteiger charge is 2.02. The highest BCUT2D eigenvalue weighted by molar-refractivity contribution is 5.87. The smallest absolute Gasteiger partial charge is 0.334 e. The average Bonchev–Trinajstić information content (AvgIpc) is 2.10. The van der Waals surface area contributed by atoms with Crippen molar-refractivity contribution >= 4 is 5.97 Å². The molecule has 0 aromatic rings. The number of ether oxygens (including phenoxy) is 1. The Hall–Kier alpha value is -1.56. The Morgan fingerprint density at radius 2 is 2.42 bits per heavy atom. The first kappa shape index (κ1) is 10.4. The van der Waals surface area contributed by atoms with Gasteiger partial charge in [0, 0.05) is 5.57 Å². The molecule has 0 amide bonds. The van der Waals surface area contributed by atoms with Crippen molar-refractivity contribution in [1.29, 1.82) is 5.26 Å². The van der Waals surface area contributed by atoms with Crippen LogP contribution in [0.2, 0.25) is 0 Å². The number of carbonyl (C=O) groups is 1. The van der Waals surface area contributed by atoms with Crippen molar-refractivity contribution in [2.75, 3.05) is 6.61 Å². The lowest BCUT2D eigenvalue weighted by Crippen LogP contribution is -2.05. The monoisotopic (exact) mass is 165 g/mol. The van der Waals surface area contributed by atoms with Crippen LogP contribution in [-0.4, -0.2) is 12.6 Å². The fourth-order valence-corrected chi connectivity index (χ4v) is 0.555. The molecule has 0 rings (SSSR count). The van der Waals surface area contributed by atoms with Crippen molar-refractivity contribution in [1.82, 2.24) is 0 Å². The van der Waals surface area contributed by atoms with E-state index in [9.17, 15) is 4.79 Å². The van der Waals surface area contributed by atoms with Gasteiger partial charge in [0.05, 0.1) is 0 Å². The number of esters is 1. The molecule has 12 heavy (non-hydrogen) atoms. The summed E-state index contributed by atoms with van der Waals surface area (Å²) in [7, 11) is 0. The van der Waals surface area contributed by atoms with Crippen LogP contribution in [0.25, 0.3) is 0 Å². The third-order valence-corrected chi connectivity index (χ3v) is 1.18. The van der Waals surface area contributed by atoms with Crippen LogP contribution in [0, 0.1) is 11.3 Å².